The molecule has 0 fully saturated rings. The highest BCUT2D eigenvalue weighted by Crippen LogP contribution is 2.39. The Kier molecular flexibility index (Phi) is 6.52. The van der Waals surface area contributed by atoms with Crippen molar-refractivity contribution in [2.75, 3.05) is 4.90 Å². The van der Waals surface area contributed by atoms with E-state index in [0.29, 0.717) is 6.42 Å². The van der Waals surface area contributed by atoms with Crippen LogP contribution in [-0.2, 0) is 4.79 Å². The summed E-state index contributed by atoms with van der Waals surface area (Å²) in [4.78, 5) is 40.4. The molecule has 0 atom stereocenters. The second-order valence-electron chi connectivity index (χ2n) is 5.14. The third-order valence-corrected chi connectivity index (χ3v) is 4.22. The fraction of sp³-hybridized carbons (Fsp3) is 0.188. The maximum Gasteiger partial charge on any atom is 0.272 e. The molecule has 136 valence electrons. The molecule has 0 bridgehead atoms. The van der Waals surface area contributed by atoms with Gasteiger partial charge in [-0.15, -0.1) is 0 Å². The van der Waals surface area contributed by atoms with Gasteiger partial charge in [-0.05, 0) is 18.6 Å². The molecule has 7 nitrogen and oxygen atoms in total. The first kappa shape index (κ1) is 20.1. The highest BCUT2D eigenvalue weighted by molar-refractivity contribution is 6.43. The number of hydrogen-bond acceptors (Lipinski definition) is 5. The van der Waals surface area contributed by atoms with Crippen LogP contribution in [0.4, 0.5) is 11.4 Å². The predicted molar refractivity (Wildman–Crippen MR) is 99.1 cm³/mol. The van der Waals surface area contributed by atoms with Crippen molar-refractivity contribution in [3.8, 4) is 0 Å². The van der Waals surface area contributed by atoms with Crippen LogP contribution >= 0.6 is 34.8 Å². The number of aromatic nitrogens is 1. The zero-order valence-corrected chi connectivity index (χ0v) is 15.7. The number of nitro groups is 1. The van der Waals surface area contributed by atoms with Crippen LogP contribution in [0.5, 0.6) is 0 Å². The molecule has 0 aliphatic carbocycles. The fourth-order valence-corrected chi connectivity index (χ4v) is 3.05. The summed E-state index contributed by atoms with van der Waals surface area (Å²) in [6.07, 6.45) is 1.89. The van der Waals surface area contributed by atoms with E-state index in [1.807, 2.05) is 0 Å². The van der Waals surface area contributed by atoms with E-state index < -0.39 is 16.7 Å². The Morgan fingerprint density at radius 3 is 2.35 bits per heavy atom. The monoisotopic (exact) mass is 415 g/mol. The first-order valence-electron chi connectivity index (χ1n) is 7.39. The number of carbonyl (C=O) groups excluding carboxylic acids is 2. The van der Waals surface area contributed by atoms with E-state index in [-0.39, 0.29) is 38.6 Å². The topological polar surface area (TPSA) is 93.4 Å². The predicted octanol–water partition coefficient (Wildman–Crippen LogP) is 4.92. The van der Waals surface area contributed by atoms with Crippen molar-refractivity contribution < 1.29 is 14.5 Å². The lowest BCUT2D eigenvalue weighted by molar-refractivity contribution is -0.384. The summed E-state index contributed by atoms with van der Waals surface area (Å²) in [6.45, 7) is 1.76. The van der Waals surface area contributed by atoms with Crippen molar-refractivity contribution in [2.24, 2.45) is 0 Å². The molecular formula is C16H12Cl3N3O4. The van der Waals surface area contributed by atoms with Crippen molar-refractivity contribution >= 4 is 58.0 Å². The summed E-state index contributed by atoms with van der Waals surface area (Å²) in [7, 11) is 0. The number of non-ortho nitro benzene ring substituents is 1. The Hall–Kier alpha value is -2.22. The quantitative estimate of drug-likeness (QED) is 0.391. The van der Waals surface area contributed by atoms with Crippen LogP contribution in [0.25, 0.3) is 0 Å². The summed E-state index contributed by atoms with van der Waals surface area (Å²) in [5.74, 6) is -1.35. The van der Waals surface area contributed by atoms with Crippen molar-refractivity contribution in [1.82, 2.24) is 4.98 Å². The van der Waals surface area contributed by atoms with Gasteiger partial charge in [-0.25, -0.2) is 9.88 Å². The molecule has 1 aromatic carbocycles. The molecule has 0 N–H and O–H groups in total. The molecule has 26 heavy (non-hydrogen) atoms. The van der Waals surface area contributed by atoms with Crippen molar-refractivity contribution in [3.63, 3.8) is 0 Å². The number of halogens is 3. The minimum absolute atomic E-state index is 0.0240. The number of anilines is 1. The molecule has 2 amide bonds. The van der Waals surface area contributed by atoms with Crippen LogP contribution in [0.3, 0.4) is 0 Å². The lowest BCUT2D eigenvalue weighted by atomic mass is 10.1. The number of pyridine rings is 1. The minimum Gasteiger partial charge on any atom is -0.274 e. The molecule has 10 heteroatoms. The molecule has 0 aliphatic rings. The van der Waals surface area contributed by atoms with Gasteiger partial charge in [0.15, 0.2) is 0 Å². The number of imide groups is 1. The highest BCUT2D eigenvalue weighted by atomic mass is 35.5. The van der Waals surface area contributed by atoms with E-state index in [1.54, 1.807) is 6.92 Å². The molecule has 0 spiro atoms. The molecule has 0 unspecified atom stereocenters. The third kappa shape index (κ3) is 4.12. The largest absolute Gasteiger partial charge is 0.274 e. The number of nitro benzene ring substituents is 1. The van der Waals surface area contributed by atoms with Crippen LogP contribution in [0.1, 0.15) is 30.1 Å². The van der Waals surface area contributed by atoms with Crippen LogP contribution in [-0.4, -0.2) is 21.7 Å². The van der Waals surface area contributed by atoms with E-state index >= 15 is 0 Å². The van der Waals surface area contributed by atoms with Crippen LogP contribution in [0.15, 0.2) is 30.5 Å². The third-order valence-electron chi connectivity index (χ3n) is 3.34. The number of carbonyl (C=O) groups is 2. The number of amides is 2. The fourth-order valence-electron chi connectivity index (χ4n) is 2.20. The maximum atomic E-state index is 12.9. The Labute approximate surface area is 163 Å². The van der Waals surface area contributed by atoms with Gasteiger partial charge in [0.1, 0.15) is 5.15 Å². The van der Waals surface area contributed by atoms with Crippen molar-refractivity contribution in [1.29, 1.82) is 0 Å². The summed E-state index contributed by atoms with van der Waals surface area (Å²) in [6, 6.07) is 4.93. The summed E-state index contributed by atoms with van der Waals surface area (Å²) in [5, 5.41) is 10.4. The number of rotatable bonds is 5. The van der Waals surface area contributed by atoms with Crippen LogP contribution < -0.4 is 4.90 Å². The van der Waals surface area contributed by atoms with E-state index in [0.717, 1.165) is 17.0 Å². The van der Waals surface area contributed by atoms with Gasteiger partial charge >= 0.3 is 0 Å². The van der Waals surface area contributed by atoms with Crippen LogP contribution in [0.2, 0.25) is 15.2 Å². The number of benzene rings is 1. The second kappa shape index (κ2) is 8.44. The van der Waals surface area contributed by atoms with E-state index in [2.05, 4.69) is 4.98 Å². The number of hydrogen-bond donors (Lipinski definition) is 0. The average molecular weight is 417 g/mol. The molecule has 2 rings (SSSR count). The lowest BCUT2D eigenvalue weighted by Gasteiger charge is -2.23. The molecule has 1 heterocycles. The van der Waals surface area contributed by atoms with Gasteiger partial charge in [0.25, 0.3) is 11.6 Å². The SMILES string of the molecule is CCCC(=O)N(C(=O)c1cccnc1Cl)c1c(Cl)cc([N+](=O)[O-])cc1Cl. The zero-order valence-electron chi connectivity index (χ0n) is 13.4. The van der Waals surface area contributed by atoms with Crippen LogP contribution in [0, 0.1) is 10.1 Å². The molecule has 0 aliphatic heterocycles. The summed E-state index contributed by atoms with van der Waals surface area (Å²) >= 11 is 18.2. The standard InChI is InChI=1S/C16H12Cl3N3O4/c1-2-4-13(23)21(16(24)10-5-3-6-20-15(10)19)14-11(17)7-9(22(25)26)8-12(14)18/h3,5-8H,2,4H2,1H3. The maximum absolute atomic E-state index is 12.9. The van der Waals surface area contributed by atoms with Gasteiger partial charge in [-0.1, -0.05) is 41.7 Å². The highest BCUT2D eigenvalue weighted by Gasteiger charge is 2.31. The Morgan fingerprint density at radius 1 is 1.23 bits per heavy atom. The van der Waals surface area contributed by atoms with Gasteiger partial charge in [0.2, 0.25) is 5.91 Å². The Morgan fingerprint density at radius 2 is 1.85 bits per heavy atom. The molecular weight excluding hydrogens is 405 g/mol. The van der Waals surface area contributed by atoms with Gasteiger partial charge in [-0.2, -0.15) is 0 Å². The van der Waals surface area contributed by atoms with Gasteiger partial charge in [0.05, 0.1) is 26.2 Å². The van der Waals surface area contributed by atoms with Crippen molar-refractivity contribution in [2.45, 2.75) is 19.8 Å². The number of nitrogens with zero attached hydrogens (tertiary/aromatic N) is 3. The normalized spacial score (nSPS) is 10.5. The Balaban J connectivity index is 2.63. The second-order valence-corrected chi connectivity index (χ2v) is 6.31. The average Bonchev–Trinajstić information content (AvgIpc) is 2.57. The van der Waals surface area contributed by atoms with E-state index in [1.165, 1.54) is 18.3 Å². The van der Waals surface area contributed by atoms with E-state index in [9.17, 15) is 19.7 Å². The summed E-state index contributed by atoms with van der Waals surface area (Å²) < 4.78 is 0. The molecule has 0 saturated carbocycles. The minimum atomic E-state index is -0.779. The van der Waals surface area contributed by atoms with E-state index in [4.69, 9.17) is 34.8 Å². The molecule has 0 radical (unpaired) electrons. The van der Waals surface area contributed by atoms with Gasteiger partial charge < -0.3 is 0 Å². The lowest BCUT2D eigenvalue weighted by Crippen LogP contribution is -2.37. The van der Waals surface area contributed by atoms with Gasteiger partial charge in [-0.3, -0.25) is 19.7 Å². The molecule has 1 aromatic heterocycles. The summed E-state index contributed by atoms with van der Waals surface area (Å²) in [5.41, 5.74) is -0.523. The molecule has 2 aromatic rings. The first-order chi connectivity index (χ1) is 12.3. The molecule has 0 saturated heterocycles. The zero-order chi connectivity index (χ0) is 19.4. The van der Waals surface area contributed by atoms with Gasteiger partial charge in [0, 0.05) is 24.8 Å². The Bertz CT molecular complexity index is 866. The smallest absolute Gasteiger partial charge is 0.272 e. The van der Waals surface area contributed by atoms with Crippen molar-refractivity contribution in [3.05, 3.63) is 61.3 Å². The first-order valence-corrected chi connectivity index (χ1v) is 8.52.